The van der Waals surface area contributed by atoms with Crippen LogP contribution in [0.2, 0.25) is 0 Å². The summed E-state index contributed by atoms with van der Waals surface area (Å²) >= 11 is 0. The van der Waals surface area contributed by atoms with Gasteiger partial charge >= 0.3 is 0 Å². The van der Waals surface area contributed by atoms with Crippen molar-refractivity contribution in [3.63, 3.8) is 0 Å². The van der Waals surface area contributed by atoms with Gasteiger partial charge < -0.3 is 5.11 Å². The molecule has 2 saturated carbocycles. The highest BCUT2D eigenvalue weighted by Crippen LogP contribution is 2.55. The summed E-state index contributed by atoms with van der Waals surface area (Å²) in [6, 6.07) is 5.18. The molecule has 3 unspecified atom stereocenters. The summed E-state index contributed by atoms with van der Waals surface area (Å²) in [6.07, 6.45) is 4.27. The molecular weight excluding hydrogens is 203 g/mol. The number of halogens is 1. The van der Waals surface area contributed by atoms with E-state index in [1.165, 1.54) is 12.5 Å². The molecule has 0 spiro atoms. The van der Waals surface area contributed by atoms with Crippen molar-refractivity contribution in [2.45, 2.75) is 38.2 Å². The average Bonchev–Trinajstić information content (AvgIpc) is 2.82. The maximum atomic E-state index is 13.5. The Morgan fingerprint density at radius 1 is 1.38 bits per heavy atom. The Bertz CT molecular complexity index is 429. The van der Waals surface area contributed by atoms with Crippen molar-refractivity contribution < 1.29 is 9.50 Å². The van der Waals surface area contributed by atoms with Crippen LogP contribution in [0, 0.1) is 24.6 Å². The fourth-order valence-electron chi connectivity index (χ4n) is 3.52. The molecule has 2 aliphatic carbocycles. The van der Waals surface area contributed by atoms with Gasteiger partial charge in [0, 0.05) is 0 Å². The molecule has 2 bridgehead atoms. The molecule has 2 heteroatoms. The normalized spacial score (nSPS) is 36.9. The number of rotatable bonds is 1. The van der Waals surface area contributed by atoms with Crippen LogP contribution >= 0.6 is 0 Å². The molecule has 1 aromatic rings. The van der Waals surface area contributed by atoms with E-state index >= 15 is 0 Å². The molecule has 2 aliphatic rings. The van der Waals surface area contributed by atoms with Crippen LogP contribution < -0.4 is 0 Å². The van der Waals surface area contributed by atoms with Gasteiger partial charge in [-0.1, -0.05) is 12.1 Å². The van der Waals surface area contributed by atoms with Gasteiger partial charge in [-0.15, -0.1) is 0 Å². The molecule has 16 heavy (non-hydrogen) atoms. The van der Waals surface area contributed by atoms with Gasteiger partial charge in [0.1, 0.15) is 5.82 Å². The van der Waals surface area contributed by atoms with Crippen molar-refractivity contribution in [1.29, 1.82) is 0 Å². The number of hydrogen-bond donors (Lipinski definition) is 1. The highest BCUT2D eigenvalue weighted by atomic mass is 19.1. The van der Waals surface area contributed by atoms with Crippen molar-refractivity contribution in [1.82, 2.24) is 0 Å². The summed E-state index contributed by atoms with van der Waals surface area (Å²) < 4.78 is 13.5. The van der Waals surface area contributed by atoms with E-state index in [4.69, 9.17) is 0 Å². The van der Waals surface area contributed by atoms with Crippen molar-refractivity contribution in [3.05, 3.63) is 35.1 Å². The Balaban J connectivity index is 2.00. The van der Waals surface area contributed by atoms with Crippen molar-refractivity contribution >= 4 is 0 Å². The molecule has 1 aromatic carbocycles. The molecule has 2 fully saturated rings. The maximum Gasteiger partial charge on any atom is 0.126 e. The van der Waals surface area contributed by atoms with Crippen molar-refractivity contribution in [2.75, 3.05) is 0 Å². The Kier molecular flexibility index (Phi) is 2.12. The Hall–Kier alpha value is -0.890. The minimum absolute atomic E-state index is 0.200. The predicted molar refractivity (Wildman–Crippen MR) is 60.5 cm³/mol. The fourth-order valence-corrected chi connectivity index (χ4v) is 3.52. The van der Waals surface area contributed by atoms with Gasteiger partial charge in [0.25, 0.3) is 0 Å². The predicted octanol–water partition coefficient (Wildman–Crippen LogP) is 3.14. The Morgan fingerprint density at radius 3 is 2.75 bits per heavy atom. The molecule has 3 atom stereocenters. The second kappa shape index (κ2) is 3.30. The average molecular weight is 220 g/mol. The highest BCUT2D eigenvalue weighted by Gasteiger charge is 2.50. The second-order valence-electron chi connectivity index (χ2n) is 5.47. The van der Waals surface area contributed by atoms with E-state index in [1.54, 1.807) is 13.0 Å². The Labute approximate surface area is 95.3 Å². The summed E-state index contributed by atoms with van der Waals surface area (Å²) in [5.74, 6) is 0.799. The third-order valence-electron chi connectivity index (χ3n) is 4.49. The third-order valence-corrected chi connectivity index (χ3v) is 4.49. The molecule has 0 heterocycles. The molecule has 0 saturated heterocycles. The van der Waals surface area contributed by atoms with E-state index in [9.17, 15) is 9.50 Å². The van der Waals surface area contributed by atoms with Gasteiger partial charge in [-0.05, 0) is 61.6 Å². The zero-order valence-electron chi connectivity index (χ0n) is 9.54. The van der Waals surface area contributed by atoms with E-state index in [-0.39, 0.29) is 5.82 Å². The first-order valence-corrected chi connectivity index (χ1v) is 6.08. The van der Waals surface area contributed by atoms with Crippen LogP contribution in [0.4, 0.5) is 4.39 Å². The zero-order valence-corrected chi connectivity index (χ0v) is 9.54. The number of fused-ring (bicyclic) bond motifs is 2. The van der Waals surface area contributed by atoms with Crippen LogP contribution in [0.1, 0.15) is 36.8 Å². The van der Waals surface area contributed by atoms with Crippen LogP contribution in [-0.2, 0) is 5.60 Å². The molecule has 86 valence electrons. The van der Waals surface area contributed by atoms with Gasteiger partial charge in [0.15, 0.2) is 0 Å². The van der Waals surface area contributed by atoms with Crippen LogP contribution in [0.5, 0.6) is 0 Å². The lowest BCUT2D eigenvalue weighted by Crippen LogP contribution is -2.32. The molecule has 0 aliphatic heterocycles. The number of aryl methyl sites for hydroxylation is 1. The van der Waals surface area contributed by atoms with Crippen LogP contribution in [0.3, 0.4) is 0 Å². The number of aliphatic hydroxyl groups is 1. The summed E-state index contributed by atoms with van der Waals surface area (Å²) in [7, 11) is 0. The molecule has 1 N–H and O–H groups in total. The topological polar surface area (TPSA) is 20.2 Å². The zero-order chi connectivity index (χ0) is 11.3. The maximum absolute atomic E-state index is 13.5. The second-order valence-corrected chi connectivity index (χ2v) is 5.47. The SMILES string of the molecule is Cc1ccc(C2(O)CC3CCC2C3)cc1F. The number of benzene rings is 1. The van der Waals surface area contributed by atoms with Crippen LogP contribution in [-0.4, -0.2) is 5.11 Å². The van der Waals surface area contributed by atoms with Gasteiger partial charge in [0.2, 0.25) is 0 Å². The summed E-state index contributed by atoms with van der Waals surface area (Å²) in [6.45, 7) is 1.75. The molecule has 3 rings (SSSR count). The van der Waals surface area contributed by atoms with Gasteiger partial charge in [-0.2, -0.15) is 0 Å². The minimum Gasteiger partial charge on any atom is -0.385 e. The van der Waals surface area contributed by atoms with E-state index in [0.717, 1.165) is 24.8 Å². The van der Waals surface area contributed by atoms with Gasteiger partial charge in [-0.3, -0.25) is 0 Å². The smallest absolute Gasteiger partial charge is 0.126 e. The molecule has 0 amide bonds. The lowest BCUT2D eigenvalue weighted by molar-refractivity contribution is -0.0184. The summed E-state index contributed by atoms with van der Waals surface area (Å²) in [5, 5.41) is 10.7. The van der Waals surface area contributed by atoms with Gasteiger partial charge in [-0.25, -0.2) is 4.39 Å². The first kappa shape index (κ1) is 10.3. The first-order chi connectivity index (χ1) is 7.59. The molecule has 0 aromatic heterocycles. The van der Waals surface area contributed by atoms with Crippen molar-refractivity contribution in [2.24, 2.45) is 11.8 Å². The van der Waals surface area contributed by atoms with Crippen LogP contribution in [0.15, 0.2) is 18.2 Å². The summed E-state index contributed by atoms with van der Waals surface area (Å²) in [5.41, 5.74) is 0.676. The van der Waals surface area contributed by atoms with Gasteiger partial charge in [0.05, 0.1) is 5.60 Å². The van der Waals surface area contributed by atoms with Crippen LogP contribution in [0.25, 0.3) is 0 Å². The van der Waals surface area contributed by atoms with E-state index in [2.05, 4.69) is 0 Å². The fraction of sp³-hybridized carbons (Fsp3) is 0.571. The molecular formula is C14H17FO. The quantitative estimate of drug-likeness (QED) is 0.771. The highest BCUT2D eigenvalue weighted by molar-refractivity contribution is 5.30. The van der Waals surface area contributed by atoms with Crippen molar-refractivity contribution in [3.8, 4) is 0 Å². The third kappa shape index (κ3) is 1.32. The lowest BCUT2D eigenvalue weighted by atomic mass is 9.79. The lowest BCUT2D eigenvalue weighted by Gasteiger charge is -2.33. The monoisotopic (exact) mass is 220 g/mol. The molecule has 0 radical (unpaired) electrons. The Morgan fingerprint density at radius 2 is 2.19 bits per heavy atom. The first-order valence-electron chi connectivity index (χ1n) is 6.08. The largest absolute Gasteiger partial charge is 0.385 e. The van der Waals surface area contributed by atoms with E-state index < -0.39 is 5.60 Å². The minimum atomic E-state index is -0.753. The van der Waals surface area contributed by atoms with E-state index in [0.29, 0.717) is 17.4 Å². The van der Waals surface area contributed by atoms with E-state index in [1.807, 2.05) is 6.07 Å². The standard InChI is InChI=1S/C14H17FO/c1-9-2-4-12(7-13(9)15)14(16)8-10-3-5-11(14)6-10/h2,4,7,10-11,16H,3,5-6,8H2,1H3. The molecule has 1 nitrogen and oxygen atoms in total. The summed E-state index contributed by atoms with van der Waals surface area (Å²) in [4.78, 5) is 0. The number of hydrogen-bond acceptors (Lipinski definition) is 1.